The van der Waals surface area contributed by atoms with Gasteiger partial charge in [-0.15, -0.1) is 0 Å². The van der Waals surface area contributed by atoms with Gasteiger partial charge in [0.15, 0.2) is 0 Å². The molecule has 0 aromatic carbocycles. The molecule has 352 valence electrons. The van der Waals surface area contributed by atoms with E-state index >= 15 is 0 Å². The largest absolute Gasteiger partial charge is 1.00 e. The van der Waals surface area contributed by atoms with Gasteiger partial charge >= 0.3 is 272 Å². The standard InChI is InChI=1S/9C4H7NO.C3H4O2.9Na.9H/c9*1-3-5-4(2)6;1-2-3(4)5;;;;;;;;;;;;;;;;;;/h9*3H,1H2,2H3,(H,5,6);2H,1H2,(H,4,5);;;;;;;;;;;;;;;;;;/q;;;;;;;;;;9*+1;9*-1. The minimum Gasteiger partial charge on any atom is -1.00 e. The summed E-state index contributed by atoms with van der Waals surface area (Å²) in [5, 5.41) is 28.6. The molecule has 29 heteroatoms. The van der Waals surface area contributed by atoms with Gasteiger partial charge in [0, 0.05) is 68.4 Å². The van der Waals surface area contributed by atoms with Crippen LogP contribution in [0.15, 0.2) is 128 Å². The number of rotatable bonds is 10. The molecular weight excluding hydrogens is 977 g/mol. The van der Waals surface area contributed by atoms with E-state index in [0.29, 0.717) is 0 Å². The number of aliphatic carboxylic acids is 1. The van der Waals surface area contributed by atoms with Crippen molar-refractivity contribution in [2.75, 3.05) is 0 Å². The molecule has 0 aliphatic carbocycles. The summed E-state index contributed by atoms with van der Waals surface area (Å²) >= 11 is 0. The maximum Gasteiger partial charge on any atom is 1.00 e. The summed E-state index contributed by atoms with van der Waals surface area (Å²) in [5.74, 6) is -1.69. The van der Waals surface area contributed by atoms with Crippen LogP contribution in [0.2, 0.25) is 0 Å². The van der Waals surface area contributed by atoms with Crippen molar-refractivity contribution in [2.45, 2.75) is 62.3 Å². The van der Waals surface area contributed by atoms with Crippen LogP contribution in [-0.4, -0.2) is 64.2 Å². The average Bonchev–Trinajstić information content (AvgIpc) is 3.07. The van der Waals surface area contributed by atoms with E-state index in [2.05, 4.69) is 114 Å². The number of carbonyl (C=O) groups excluding carboxylic acids is 9. The van der Waals surface area contributed by atoms with Gasteiger partial charge in [0.1, 0.15) is 0 Å². The van der Waals surface area contributed by atoms with Gasteiger partial charge in [-0.1, -0.05) is 65.8 Å². The van der Waals surface area contributed by atoms with E-state index in [1.165, 1.54) is 118 Å². The zero-order valence-corrected chi connectivity index (χ0v) is 62.9. The van der Waals surface area contributed by atoms with E-state index in [1.54, 1.807) is 0 Å². The number of amides is 9. The third-order valence-corrected chi connectivity index (χ3v) is 2.92. The Morgan fingerprint density at radius 3 is 0.324 bits per heavy atom. The number of carboxylic acids is 1. The normalized spacial score (nSPS) is 5.90. The van der Waals surface area contributed by atoms with Gasteiger partial charge in [-0.25, -0.2) is 4.79 Å². The predicted molar refractivity (Wildman–Crippen MR) is 244 cm³/mol. The fourth-order valence-electron chi connectivity index (χ4n) is 1.29. The van der Waals surface area contributed by atoms with Gasteiger partial charge in [0.2, 0.25) is 53.2 Å². The molecule has 0 aromatic heterocycles. The van der Waals surface area contributed by atoms with Gasteiger partial charge in [-0.05, 0) is 55.8 Å². The van der Waals surface area contributed by atoms with Crippen molar-refractivity contribution in [1.82, 2.24) is 47.9 Å². The Hall–Kier alpha value is 1.10. The summed E-state index contributed by atoms with van der Waals surface area (Å²) in [5.41, 5.74) is 0. The smallest absolute Gasteiger partial charge is 1.00 e. The Balaban J connectivity index is -0.0000000130. The predicted octanol–water partition coefficient (Wildman–Crippen LogP) is -23.3. The van der Waals surface area contributed by atoms with Crippen LogP contribution in [0.3, 0.4) is 0 Å². The molecule has 0 unspecified atom stereocenters. The van der Waals surface area contributed by atoms with E-state index in [1.807, 2.05) is 0 Å². The Morgan fingerprint density at radius 1 is 0.265 bits per heavy atom. The van der Waals surface area contributed by atoms with Crippen LogP contribution in [-0.2, 0) is 47.9 Å². The molecule has 0 heterocycles. The van der Waals surface area contributed by atoms with Gasteiger partial charge in [-0.3, -0.25) is 43.2 Å². The third-order valence-electron chi connectivity index (χ3n) is 2.92. The van der Waals surface area contributed by atoms with Crippen molar-refractivity contribution in [3.05, 3.63) is 128 Å². The van der Waals surface area contributed by atoms with Crippen molar-refractivity contribution >= 4 is 59.1 Å². The summed E-state index contributed by atoms with van der Waals surface area (Å²) in [4.78, 5) is 98.0. The van der Waals surface area contributed by atoms with Crippen LogP contribution in [0.25, 0.3) is 0 Å². The summed E-state index contributed by atoms with van der Waals surface area (Å²) in [6, 6.07) is 0. The number of nitrogens with one attached hydrogen (secondary N) is 9. The van der Waals surface area contributed by atoms with Crippen LogP contribution in [0.4, 0.5) is 0 Å². The van der Waals surface area contributed by atoms with E-state index in [0.717, 1.165) is 6.08 Å². The molecule has 0 radical (unpaired) electrons. The topological polar surface area (TPSA) is 299 Å². The second-order valence-corrected chi connectivity index (χ2v) is 8.68. The monoisotopic (exact) mass is 1050 g/mol. The maximum atomic E-state index is 9.86. The molecule has 0 atom stereocenters. The molecule has 0 spiro atoms. The molecule has 0 aliphatic rings. The van der Waals surface area contributed by atoms with Crippen LogP contribution < -0.4 is 314 Å². The quantitative estimate of drug-likeness (QED) is 0.0724. The Morgan fingerprint density at radius 2 is 0.324 bits per heavy atom. The summed E-state index contributed by atoms with van der Waals surface area (Å²) in [6.07, 6.45) is 13.0. The number of hydrogen-bond acceptors (Lipinski definition) is 10. The molecule has 0 rings (SSSR count). The van der Waals surface area contributed by atoms with Crippen LogP contribution in [0.5, 0.6) is 0 Å². The number of carboxylic acid groups (broad SMARTS) is 1. The molecule has 0 saturated heterocycles. The van der Waals surface area contributed by atoms with Crippen LogP contribution in [0.1, 0.15) is 75.2 Å². The van der Waals surface area contributed by atoms with Gasteiger partial charge in [0.05, 0.1) is 0 Å². The van der Waals surface area contributed by atoms with E-state index in [-0.39, 0.29) is 332 Å². The fraction of sp³-hybridized carbons (Fsp3) is 0.231. The molecule has 0 saturated carbocycles. The first kappa shape index (κ1) is 128. The van der Waals surface area contributed by atoms with Crippen molar-refractivity contribution < 1.29 is 332 Å². The first-order valence-corrected chi connectivity index (χ1v) is 16.0. The molecule has 20 nitrogen and oxygen atoms in total. The van der Waals surface area contributed by atoms with Crippen molar-refractivity contribution in [2.24, 2.45) is 0 Å². The third kappa shape index (κ3) is 324. The van der Waals surface area contributed by atoms with Gasteiger partial charge < -0.3 is 65.8 Å². The van der Waals surface area contributed by atoms with Crippen molar-refractivity contribution in [3.63, 3.8) is 0 Å². The molecular formula is C39H76N9Na9O11. The zero-order chi connectivity index (χ0) is 49.2. The van der Waals surface area contributed by atoms with Gasteiger partial charge in [0.25, 0.3) is 0 Å². The van der Waals surface area contributed by atoms with Gasteiger partial charge in [-0.2, -0.15) is 0 Å². The molecule has 0 aromatic rings. The Kier molecular flexibility index (Phi) is 229. The molecule has 0 aliphatic heterocycles. The SMILES string of the molecule is C=CC(=O)O.C=CNC(C)=O.C=CNC(C)=O.C=CNC(C)=O.C=CNC(C)=O.C=CNC(C)=O.C=CNC(C)=O.C=CNC(C)=O.C=CNC(C)=O.C=CNC(C)=O.[H-].[H-].[H-].[H-].[H-].[H-].[H-].[H-].[H-].[Na+].[Na+].[Na+].[Na+].[Na+].[Na+].[Na+].[Na+].[Na+]. The summed E-state index contributed by atoms with van der Waals surface area (Å²) in [7, 11) is 0. The minimum atomic E-state index is -0.981. The summed E-state index contributed by atoms with van der Waals surface area (Å²) in [6.45, 7) is 45.3. The minimum absolute atomic E-state index is 0. The first-order chi connectivity index (χ1) is 27.2. The Bertz CT molecular complexity index is 1120. The fourth-order valence-corrected chi connectivity index (χ4v) is 1.29. The molecule has 9 amide bonds. The van der Waals surface area contributed by atoms with Crippen molar-refractivity contribution in [3.8, 4) is 0 Å². The molecule has 0 bridgehead atoms. The summed E-state index contributed by atoms with van der Waals surface area (Å²) < 4.78 is 0. The van der Waals surface area contributed by atoms with E-state index in [4.69, 9.17) is 5.11 Å². The number of hydrogen-bond donors (Lipinski definition) is 10. The Labute approximate surface area is 618 Å². The first-order valence-electron chi connectivity index (χ1n) is 16.0. The number of carbonyl (C=O) groups is 10. The second-order valence-electron chi connectivity index (χ2n) is 8.68. The van der Waals surface area contributed by atoms with E-state index in [9.17, 15) is 47.9 Å². The molecule has 68 heavy (non-hydrogen) atoms. The van der Waals surface area contributed by atoms with E-state index < -0.39 is 5.97 Å². The zero-order valence-electron chi connectivity index (χ0n) is 53.9. The molecule has 0 fully saturated rings. The maximum absolute atomic E-state index is 9.86. The van der Waals surface area contributed by atoms with Crippen molar-refractivity contribution in [1.29, 1.82) is 0 Å². The average molecular weight is 1050 g/mol. The van der Waals surface area contributed by atoms with Crippen LogP contribution >= 0.6 is 0 Å². The van der Waals surface area contributed by atoms with Crippen LogP contribution in [0, 0.1) is 0 Å². The molecule has 10 N–H and O–H groups in total. The second kappa shape index (κ2) is 122.